The minimum absolute atomic E-state index is 0.126. The van der Waals surface area contributed by atoms with Gasteiger partial charge in [0.1, 0.15) is 6.54 Å². The summed E-state index contributed by atoms with van der Waals surface area (Å²) in [5.74, 6) is 0.909. The number of imidazole rings is 1. The highest BCUT2D eigenvalue weighted by atomic mass is 16.5. The molecule has 0 radical (unpaired) electrons. The van der Waals surface area contributed by atoms with Gasteiger partial charge < -0.3 is 14.8 Å². The van der Waals surface area contributed by atoms with Gasteiger partial charge in [-0.3, -0.25) is 9.36 Å². The second kappa shape index (κ2) is 8.97. The van der Waals surface area contributed by atoms with Crippen LogP contribution in [0.4, 0.5) is 0 Å². The lowest BCUT2D eigenvalue weighted by Crippen LogP contribution is -2.34. The molecule has 0 unspecified atom stereocenters. The molecule has 0 aliphatic carbocycles. The summed E-state index contributed by atoms with van der Waals surface area (Å²) in [5, 5.41) is 2.95. The Balaban J connectivity index is 1.61. The van der Waals surface area contributed by atoms with E-state index >= 15 is 0 Å². The summed E-state index contributed by atoms with van der Waals surface area (Å²) in [4.78, 5) is 30.4. The monoisotopic (exact) mass is 432 g/mol. The summed E-state index contributed by atoms with van der Waals surface area (Å²) in [6, 6.07) is 18.0. The maximum absolute atomic E-state index is 13.2. The largest absolute Gasteiger partial charge is 0.493 e. The van der Waals surface area contributed by atoms with Crippen molar-refractivity contribution in [3.63, 3.8) is 0 Å². The standard InChI is InChI=1S/C24H24N4O4/c1-16(17-11-12-20(31-2)21(14-17)32-3)26-22(29)15-27-19-10-7-13-25-23(19)28(24(27)30)18-8-5-4-6-9-18/h4-14,16H,15H2,1-3H3,(H,26,29)/t16-/m1/s1. The summed E-state index contributed by atoms with van der Waals surface area (Å²) >= 11 is 0. The second-order valence-corrected chi connectivity index (χ2v) is 7.29. The zero-order valence-electron chi connectivity index (χ0n) is 18.1. The third-order valence-corrected chi connectivity index (χ3v) is 5.29. The van der Waals surface area contributed by atoms with Gasteiger partial charge in [0.2, 0.25) is 5.91 Å². The fourth-order valence-corrected chi connectivity index (χ4v) is 3.68. The van der Waals surface area contributed by atoms with Crippen LogP contribution in [0.1, 0.15) is 18.5 Å². The number of nitrogens with one attached hydrogen (secondary N) is 1. The number of carbonyl (C=O) groups excluding carboxylic acids is 1. The van der Waals surface area contributed by atoms with Crippen LogP contribution in [0, 0.1) is 0 Å². The normalized spacial score (nSPS) is 11.8. The van der Waals surface area contributed by atoms with Gasteiger partial charge in [-0.05, 0) is 48.9 Å². The summed E-state index contributed by atoms with van der Waals surface area (Å²) in [6.45, 7) is 1.75. The first-order chi connectivity index (χ1) is 15.5. The molecule has 2 aromatic heterocycles. The molecular weight excluding hydrogens is 408 g/mol. The van der Waals surface area contributed by atoms with Crippen LogP contribution in [0.15, 0.2) is 71.7 Å². The van der Waals surface area contributed by atoms with Crippen molar-refractivity contribution in [1.29, 1.82) is 0 Å². The van der Waals surface area contributed by atoms with E-state index < -0.39 is 0 Å². The summed E-state index contributed by atoms with van der Waals surface area (Å²) in [5.41, 5.74) is 2.33. The molecule has 1 N–H and O–H groups in total. The van der Waals surface area contributed by atoms with Crippen LogP contribution < -0.4 is 20.5 Å². The van der Waals surface area contributed by atoms with Crippen LogP contribution in [-0.4, -0.2) is 34.2 Å². The summed E-state index contributed by atoms with van der Waals surface area (Å²) < 4.78 is 13.6. The quantitative estimate of drug-likeness (QED) is 0.485. The third-order valence-electron chi connectivity index (χ3n) is 5.29. The lowest BCUT2D eigenvalue weighted by atomic mass is 10.1. The first-order valence-corrected chi connectivity index (χ1v) is 10.2. The smallest absolute Gasteiger partial charge is 0.335 e. The number of hydrogen-bond acceptors (Lipinski definition) is 5. The van der Waals surface area contributed by atoms with E-state index in [1.807, 2.05) is 49.4 Å². The molecule has 8 heteroatoms. The van der Waals surface area contributed by atoms with Gasteiger partial charge in [0.15, 0.2) is 17.1 Å². The molecule has 0 bridgehead atoms. The molecule has 0 aliphatic rings. The number of pyridine rings is 1. The van der Waals surface area contributed by atoms with Crippen molar-refractivity contribution in [3.8, 4) is 17.2 Å². The zero-order valence-corrected chi connectivity index (χ0v) is 18.1. The van der Waals surface area contributed by atoms with Crippen molar-refractivity contribution in [2.24, 2.45) is 0 Å². The number of fused-ring (bicyclic) bond motifs is 1. The molecule has 4 aromatic rings. The number of aromatic nitrogens is 3. The first-order valence-electron chi connectivity index (χ1n) is 10.2. The van der Waals surface area contributed by atoms with E-state index in [2.05, 4.69) is 10.3 Å². The molecule has 0 saturated carbocycles. The van der Waals surface area contributed by atoms with Crippen molar-refractivity contribution < 1.29 is 14.3 Å². The van der Waals surface area contributed by atoms with Crippen molar-refractivity contribution in [3.05, 3.63) is 82.9 Å². The van der Waals surface area contributed by atoms with E-state index in [1.54, 1.807) is 38.6 Å². The van der Waals surface area contributed by atoms with Crippen LogP contribution in [0.25, 0.3) is 16.9 Å². The third kappa shape index (κ3) is 3.94. The van der Waals surface area contributed by atoms with Gasteiger partial charge in [-0.2, -0.15) is 0 Å². The first kappa shape index (κ1) is 21.2. The Morgan fingerprint density at radius 1 is 1.03 bits per heavy atom. The van der Waals surface area contributed by atoms with E-state index in [1.165, 1.54) is 9.13 Å². The highest BCUT2D eigenvalue weighted by Crippen LogP contribution is 2.29. The van der Waals surface area contributed by atoms with Gasteiger partial charge in [-0.15, -0.1) is 0 Å². The molecule has 1 amide bonds. The predicted octanol–water partition coefficient (Wildman–Crippen LogP) is 3.08. The topological polar surface area (TPSA) is 87.4 Å². The van der Waals surface area contributed by atoms with E-state index in [-0.39, 0.29) is 24.2 Å². The summed E-state index contributed by atoms with van der Waals surface area (Å²) in [7, 11) is 3.13. The van der Waals surface area contributed by atoms with Crippen molar-refractivity contribution in [1.82, 2.24) is 19.4 Å². The number of nitrogens with zero attached hydrogens (tertiary/aromatic N) is 3. The molecule has 2 aromatic carbocycles. The maximum atomic E-state index is 13.2. The predicted molar refractivity (Wildman–Crippen MR) is 121 cm³/mol. The lowest BCUT2D eigenvalue weighted by molar-refractivity contribution is -0.122. The zero-order chi connectivity index (χ0) is 22.7. The van der Waals surface area contributed by atoms with E-state index in [9.17, 15) is 9.59 Å². The molecule has 0 aliphatic heterocycles. The fraction of sp³-hybridized carbons (Fsp3) is 0.208. The molecule has 0 fully saturated rings. The van der Waals surface area contributed by atoms with E-state index in [0.717, 1.165) is 5.56 Å². The van der Waals surface area contributed by atoms with Gasteiger partial charge in [0, 0.05) is 6.20 Å². The number of carbonyl (C=O) groups is 1. The minimum Gasteiger partial charge on any atom is -0.493 e. The number of hydrogen-bond donors (Lipinski definition) is 1. The SMILES string of the molecule is COc1ccc([C@@H](C)NC(=O)Cn2c(=O)n(-c3ccccc3)c3ncccc32)cc1OC. The van der Waals surface area contributed by atoms with Crippen LogP contribution in [-0.2, 0) is 11.3 Å². The molecule has 2 heterocycles. The second-order valence-electron chi connectivity index (χ2n) is 7.29. The Hall–Kier alpha value is -4.07. The van der Waals surface area contributed by atoms with Gasteiger partial charge >= 0.3 is 5.69 Å². The number of amides is 1. The van der Waals surface area contributed by atoms with Crippen molar-refractivity contribution in [2.75, 3.05) is 14.2 Å². The maximum Gasteiger partial charge on any atom is 0.335 e. The molecule has 0 spiro atoms. The highest BCUT2D eigenvalue weighted by molar-refractivity contribution is 5.80. The van der Waals surface area contributed by atoms with Crippen LogP contribution in [0.2, 0.25) is 0 Å². The van der Waals surface area contributed by atoms with Gasteiger partial charge in [0.25, 0.3) is 0 Å². The number of methoxy groups -OCH3 is 2. The van der Waals surface area contributed by atoms with Crippen molar-refractivity contribution in [2.45, 2.75) is 19.5 Å². The molecule has 0 saturated heterocycles. The molecule has 4 rings (SSSR count). The lowest BCUT2D eigenvalue weighted by Gasteiger charge is -2.16. The van der Waals surface area contributed by atoms with Gasteiger partial charge in [-0.25, -0.2) is 14.3 Å². The number of para-hydroxylation sites is 1. The summed E-state index contributed by atoms with van der Waals surface area (Å²) in [6.07, 6.45) is 1.63. The van der Waals surface area contributed by atoms with E-state index in [4.69, 9.17) is 9.47 Å². The van der Waals surface area contributed by atoms with Crippen LogP contribution in [0.5, 0.6) is 11.5 Å². The molecular formula is C24H24N4O4. The average molecular weight is 432 g/mol. The minimum atomic E-state index is -0.321. The molecule has 164 valence electrons. The Labute approximate surface area is 185 Å². The number of benzene rings is 2. The van der Waals surface area contributed by atoms with Crippen LogP contribution in [0.3, 0.4) is 0 Å². The number of rotatable bonds is 7. The highest BCUT2D eigenvalue weighted by Gasteiger charge is 2.19. The fourth-order valence-electron chi connectivity index (χ4n) is 3.68. The van der Waals surface area contributed by atoms with Crippen molar-refractivity contribution >= 4 is 17.1 Å². The molecule has 32 heavy (non-hydrogen) atoms. The Kier molecular flexibility index (Phi) is 5.93. The Morgan fingerprint density at radius 2 is 1.78 bits per heavy atom. The number of ether oxygens (including phenoxy) is 2. The molecule has 1 atom stereocenters. The van der Waals surface area contributed by atoms with Gasteiger partial charge in [0.05, 0.1) is 31.5 Å². The van der Waals surface area contributed by atoms with Crippen LogP contribution >= 0.6 is 0 Å². The average Bonchev–Trinajstić information content (AvgIpc) is 3.10. The van der Waals surface area contributed by atoms with E-state index in [0.29, 0.717) is 28.4 Å². The molecule has 8 nitrogen and oxygen atoms in total. The Bertz CT molecular complexity index is 1310. The Morgan fingerprint density at radius 3 is 2.50 bits per heavy atom. The van der Waals surface area contributed by atoms with Gasteiger partial charge in [-0.1, -0.05) is 24.3 Å².